The fourth-order valence-electron chi connectivity index (χ4n) is 2.95. The molecule has 0 radical (unpaired) electrons. The maximum Gasteiger partial charge on any atom is 0.278 e. The number of aryl methyl sites for hydroxylation is 2. The second kappa shape index (κ2) is 6.73. The van der Waals surface area contributed by atoms with Crippen molar-refractivity contribution in [3.8, 4) is 0 Å². The number of anilines is 1. The Labute approximate surface area is 152 Å². The molecule has 1 heterocycles. The van der Waals surface area contributed by atoms with Crippen LogP contribution in [0.2, 0.25) is 5.02 Å². The Kier molecular flexibility index (Phi) is 4.64. The molecule has 25 heavy (non-hydrogen) atoms. The van der Waals surface area contributed by atoms with Crippen molar-refractivity contribution in [3.63, 3.8) is 0 Å². The minimum atomic E-state index is -0.308. The number of hydrogen-bond acceptors (Lipinski definition) is 3. The molecule has 3 rings (SSSR count). The minimum absolute atomic E-state index is 0.290. The number of halogens is 1. The van der Waals surface area contributed by atoms with Crippen LogP contribution in [0.1, 0.15) is 23.6 Å². The number of imide groups is 1. The van der Waals surface area contributed by atoms with Crippen molar-refractivity contribution in [2.75, 3.05) is 11.9 Å². The van der Waals surface area contributed by atoms with Crippen LogP contribution in [0, 0.1) is 13.8 Å². The highest BCUT2D eigenvalue weighted by molar-refractivity contribution is 6.36. The number of carbonyl (C=O) groups excluding carboxylic acids is 2. The van der Waals surface area contributed by atoms with E-state index < -0.39 is 0 Å². The largest absolute Gasteiger partial charge is 0.350 e. The molecular formula is C20H19ClN2O2. The smallest absolute Gasteiger partial charge is 0.278 e. The Bertz CT molecular complexity index is 885. The number of amides is 2. The Hall–Kier alpha value is -2.59. The lowest BCUT2D eigenvalue weighted by Gasteiger charge is -2.13. The maximum absolute atomic E-state index is 12.7. The van der Waals surface area contributed by atoms with Gasteiger partial charge >= 0.3 is 0 Å². The first kappa shape index (κ1) is 17.2. The van der Waals surface area contributed by atoms with Crippen LogP contribution in [-0.4, -0.2) is 23.3 Å². The third-order valence-corrected chi connectivity index (χ3v) is 4.51. The third kappa shape index (κ3) is 3.17. The van der Waals surface area contributed by atoms with E-state index in [0.717, 1.165) is 16.8 Å². The fourth-order valence-corrected chi connectivity index (χ4v) is 3.08. The second-order valence-electron chi connectivity index (χ2n) is 6.05. The van der Waals surface area contributed by atoms with Gasteiger partial charge in [-0.05, 0) is 50.1 Å². The standard InChI is InChI=1S/C20H19ClN2O2/c1-4-23-19(24)17(14-6-8-15(21)9-7-14)18(20(23)25)22-16-10-5-12(2)11-13(16)3/h5-11,22H,4H2,1-3H3. The molecule has 2 aromatic rings. The Morgan fingerprint density at radius 3 is 2.28 bits per heavy atom. The van der Waals surface area contributed by atoms with Crippen molar-refractivity contribution in [2.24, 2.45) is 0 Å². The Balaban J connectivity index is 2.10. The van der Waals surface area contributed by atoms with Crippen LogP contribution in [0.5, 0.6) is 0 Å². The van der Waals surface area contributed by atoms with Crippen LogP contribution < -0.4 is 5.32 Å². The quantitative estimate of drug-likeness (QED) is 0.838. The summed E-state index contributed by atoms with van der Waals surface area (Å²) in [5.41, 5.74) is 4.32. The lowest BCUT2D eigenvalue weighted by molar-refractivity contribution is -0.136. The summed E-state index contributed by atoms with van der Waals surface area (Å²) in [6, 6.07) is 12.9. The molecule has 0 spiro atoms. The molecule has 1 aliphatic heterocycles. The fraction of sp³-hybridized carbons (Fsp3) is 0.200. The van der Waals surface area contributed by atoms with Crippen LogP contribution in [0.4, 0.5) is 5.69 Å². The van der Waals surface area contributed by atoms with Gasteiger partial charge in [0, 0.05) is 17.3 Å². The number of likely N-dealkylation sites (N-methyl/N-ethyl adjacent to an activating group) is 1. The summed E-state index contributed by atoms with van der Waals surface area (Å²) in [4.78, 5) is 26.7. The zero-order valence-corrected chi connectivity index (χ0v) is 15.1. The van der Waals surface area contributed by atoms with E-state index in [-0.39, 0.29) is 11.8 Å². The van der Waals surface area contributed by atoms with Gasteiger partial charge in [-0.1, -0.05) is 41.4 Å². The van der Waals surface area contributed by atoms with E-state index in [2.05, 4.69) is 5.32 Å². The van der Waals surface area contributed by atoms with E-state index in [9.17, 15) is 9.59 Å². The van der Waals surface area contributed by atoms with E-state index >= 15 is 0 Å². The summed E-state index contributed by atoms with van der Waals surface area (Å²) in [6.45, 7) is 6.09. The first-order valence-electron chi connectivity index (χ1n) is 8.13. The summed E-state index contributed by atoms with van der Waals surface area (Å²) in [5, 5.41) is 3.76. The number of hydrogen-bond donors (Lipinski definition) is 1. The molecule has 4 nitrogen and oxygen atoms in total. The molecule has 0 bridgehead atoms. The predicted molar refractivity (Wildman–Crippen MR) is 100 cm³/mol. The van der Waals surface area contributed by atoms with E-state index in [4.69, 9.17) is 11.6 Å². The van der Waals surface area contributed by atoms with Gasteiger partial charge < -0.3 is 5.32 Å². The van der Waals surface area contributed by atoms with Crippen molar-refractivity contribution in [1.82, 2.24) is 4.90 Å². The first-order valence-corrected chi connectivity index (χ1v) is 8.51. The maximum atomic E-state index is 12.7. The average molecular weight is 355 g/mol. The lowest BCUT2D eigenvalue weighted by Crippen LogP contribution is -2.32. The molecule has 0 unspecified atom stereocenters. The van der Waals surface area contributed by atoms with Gasteiger partial charge in [-0.15, -0.1) is 0 Å². The molecule has 0 fully saturated rings. The Morgan fingerprint density at radius 1 is 1.00 bits per heavy atom. The highest BCUT2D eigenvalue weighted by Crippen LogP contribution is 2.31. The number of carbonyl (C=O) groups is 2. The zero-order chi connectivity index (χ0) is 18.1. The van der Waals surface area contributed by atoms with Gasteiger partial charge in [-0.25, -0.2) is 0 Å². The molecule has 2 aromatic carbocycles. The van der Waals surface area contributed by atoms with Crippen molar-refractivity contribution in [2.45, 2.75) is 20.8 Å². The van der Waals surface area contributed by atoms with Gasteiger partial charge in [-0.2, -0.15) is 0 Å². The minimum Gasteiger partial charge on any atom is -0.350 e. The van der Waals surface area contributed by atoms with Gasteiger partial charge in [0.15, 0.2) is 0 Å². The van der Waals surface area contributed by atoms with Crippen molar-refractivity contribution >= 4 is 34.7 Å². The SMILES string of the molecule is CCN1C(=O)C(Nc2ccc(C)cc2C)=C(c2ccc(Cl)cc2)C1=O. The number of benzene rings is 2. The molecule has 128 valence electrons. The van der Waals surface area contributed by atoms with Crippen molar-refractivity contribution in [1.29, 1.82) is 0 Å². The van der Waals surface area contributed by atoms with E-state index in [1.54, 1.807) is 31.2 Å². The lowest BCUT2D eigenvalue weighted by atomic mass is 10.0. The monoisotopic (exact) mass is 354 g/mol. The van der Waals surface area contributed by atoms with Crippen LogP contribution >= 0.6 is 11.6 Å². The molecule has 1 N–H and O–H groups in total. The molecular weight excluding hydrogens is 336 g/mol. The number of nitrogens with zero attached hydrogens (tertiary/aromatic N) is 1. The van der Waals surface area contributed by atoms with Gasteiger partial charge in [0.1, 0.15) is 5.70 Å². The molecule has 0 atom stereocenters. The average Bonchev–Trinajstić information content (AvgIpc) is 2.81. The van der Waals surface area contributed by atoms with Gasteiger partial charge in [-0.3, -0.25) is 14.5 Å². The summed E-state index contributed by atoms with van der Waals surface area (Å²) in [5.74, 6) is -0.598. The van der Waals surface area contributed by atoms with Gasteiger partial charge in [0.05, 0.1) is 5.57 Å². The van der Waals surface area contributed by atoms with E-state index in [1.807, 2.05) is 32.0 Å². The van der Waals surface area contributed by atoms with E-state index in [0.29, 0.717) is 28.4 Å². The van der Waals surface area contributed by atoms with Crippen LogP contribution in [0.25, 0.3) is 5.57 Å². The zero-order valence-electron chi connectivity index (χ0n) is 14.4. The summed E-state index contributed by atoms with van der Waals surface area (Å²) < 4.78 is 0. The van der Waals surface area contributed by atoms with Crippen LogP contribution in [0.15, 0.2) is 48.2 Å². The summed E-state index contributed by atoms with van der Waals surface area (Å²) in [7, 11) is 0. The molecule has 5 heteroatoms. The molecule has 0 aliphatic carbocycles. The summed E-state index contributed by atoms with van der Waals surface area (Å²) in [6.07, 6.45) is 0. The summed E-state index contributed by atoms with van der Waals surface area (Å²) >= 11 is 5.95. The van der Waals surface area contributed by atoms with Crippen molar-refractivity contribution in [3.05, 3.63) is 69.9 Å². The molecule has 0 saturated carbocycles. The first-order chi connectivity index (χ1) is 11.9. The molecule has 0 saturated heterocycles. The van der Waals surface area contributed by atoms with E-state index in [1.165, 1.54) is 4.90 Å². The molecule has 0 aromatic heterocycles. The highest BCUT2D eigenvalue weighted by Gasteiger charge is 2.38. The normalized spacial score (nSPS) is 14.5. The van der Waals surface area contributed by atoms with Crippen LogP contribution in [-0.2, 0) is 9.59 Å². The third-order valence-electron chi connectivity index (χ3n) is 4.26. The molecule has 2 amide bonds. The molecule has 1 aliphatic rings. The number of rotatable bonds is 4. The Morgan fingerprint density at radius 2 is 1.68 bits per heavy atom. The topological polar surface area (TPSA) is 49.4 Å². The van der Waals surface area contributed by atoms with Crippen LogP contribution in [0.3, 0.4) is 0 Å². The van der Waals surface area contributed by atoms with Gasteiger partial charge in [0.25, 0.3) is 11.8 Å². The highest BCUT2D eigenvalue weighted by atomic mass is 35.5. The second-order valence-corrected chi connectivity index (χ2v) is 6.49. The van der Waals surface area contributed by atoms with Crippen molar-refractivity contribution < 1.29 is 9.59 Å². The predicted octanol–water partition coefficient (Wildman–Crippen LogP) is 4.17. The number of nitrogens with one attached hydrogen (secondary N) is 1. The van der Waals surface area contributed by atoms with Gasteiger partial charge in [0.2, 0.25) is 0 Å².